The Morgan fingerprint density at radius 1 is 0.966 bits per heavy atom. The molecule has 0 radical (unpaired) electrons. The summed E-state index contributed by atoms with van der Waals surface area (Å²) in [5, 5.41) is 5.98. The lowest BCUT2D eigenvalue weighted by molar-refractivity contribution is 0.0600. The molecule has 0 bridgehead atoms. The van der Waals surface area contributed by atoms with Crippen molar-refractivity contribution in [2.75, 3.05) is 24.9 Å². The maximum absolute atomic E-state index is 12.4. The second-order valence-corrected chi connectivity index (χ2v) is 6.12. The van der Waals surface area contributed by atoms with Gasteiger partial charge in [0.25, 0.3) is 5.91 Å². The van der Waals surface area contributed by atoms with Gasteiger partial charge in [-0.2, -0.15) is 0 Å². The van der Waals surface area contributed by atoms with E-state index in [1.807, 2.05) is 24.3 Å². The first-order valence-electron chi connectivity index (χ1n) is 8.92. The smallest absolute Gasteiger partial charge is 0.337 e. The Labute approximate surface area is 168 Å². The first-order valence-corrected chi connectivity index (χ1v) is 8.92. The predicted molar refractivity (Wildman–Crippen MR) is 110 cm³/mol. The van der Waals surface area contributed by atoms with Crippen LogP contribution in [0.1, 0.15) is 26.4 Å². The van der Waals surface area contributed by atoms with Crippen molar-refractivity contribution in [1.29, 1.82) is 0 Å². The fourth-order valence-electron chi connectivity index (χ4n) is 2.72. The average molecular weight is 391 g/mol. The molecular weight excluding hydrogens is 370 g/mol. The summed E-state index contributed by atoms with van der Waals surface area (Å²) in [6.45, 7) is 0.567. The summed E-state index contributed by atoms with van der Waals surface area (Å²) < 4.78 is 10.0. The van der Waals surface area contributed by atoms with Crippen LogP contribution in [0.25, 0.3) is 0 Å². The van der Waals surface area contributed by atoms with E-state index in [1.165, 1.54) is 7.11 Å². The lowest BCUT2D eigenvalue weighted by atomic mass is 10.2. The van der Waals surface area contributed by atoms with Crippen LogP contribution >= 0.6 is 0 Å². The highest BCUT2D eigenvalue weighted by Gasteiger charge is 2.10. The molecule has 1 heterocycles. The quantitative estimate of drug-likeness (QED) is 0.597. The molecule has 0 aliphatic rings. The first kappa shape index (κ1) is 19.9. The van der Waals surface area contributed by atoms with Crippen LogP contribution in [0.15, 0.2) is 66.9 Å². The van der Waals surface area contributed by atoms with Crippen LogP contribution in [-0.2, 0) is 11.3 Å². The van der Waals surface area contributed by atoms with E-state index in [0.717, 1.165) is 17.0 Å². The van der Waals surface area contributed by atoms with Gasteiger partial charge in [0.1, 0.15) is 11.4 Å². The minimum atomic E-state index is -0.468. The van der Waals surface area contributed by atoms with Gasteiger partial charge in [-0.1, -0.05) is 24.3 Å². The maximum atomic E-state index is 12.4. The number of ether oxygens (including phenoxy) is 2. The van der Waals surface area contributed by atoms with Gasteiger partial charge in [0, 0.05) is 17.8 Å². The number of benzene rings is 2. The Kier molecular flexibility index (Phi) is 6.42. The summed E-state index contributed by atoms with van der Waals surface area (Å²) in [6.07, 6.45) is 1.59. The number of aromatic nitrogens is 1. The van der Waals surface area contributed by atoms with Gasteiger partial charge in [-0.15, -0.1) is 0 Å². The number of esters is 1. The van der Waals surface area contributed by atoms with Gasteiger partial charge in [0.15, 0.2) is 0 Å². The third-order valence-corrected chi connectivity index (χ3v) is 4.21. The molecule has 0 atom stereocenters. The van der Waals surface area contributed by atoms with E-state index < -0.39 is 5.97 Å². The molecule has 1 aromatic heterocycles. The lowest BCUT2D eigenvalue weighted by Crippen LogP contribution is -2.14. The number of nitrogens with one attached hydrogen (secondary N) is 2. The van der Waals surface area contributed by atoms with Gasteiger partial charge >= 0.3 is 5.97 Å². The van der Waals surface area contributed by atoms with Crippen LogP contribution in [0.4, 0.5) is 11.4 Å². The number of carbonyl (C=O) groups is 2. The Hall–Kier alpha value is -3.87. The molecule has 0 unspecified atom stereocenters. The predicted octanol–water partition coefficient (Wildman–Crippen LogP) is 3.74. The molecule has 0 spiro atoms. The highest BCUT2D eigenvalue weighted by molar-refractivity contribution is 6.03. The monoisotopic (exact) mass is 391 g/mol. The van der Waals surface area contributed by atoms with E-state index in [-0.39, 0.29) is 11.6 Å². The molecule has 0 aliphatic heterocycles. The van der Waals surface area contributed by atoms with E-state index in [0.29, 0.717) is 17.8 Å². The average Bonchev–Trinajstić information content (AvgIpc) is 2.77. The minimum Gasteiger partial charge on any atom is -0.496 e. The van der Waals surface area contributed by atoms with Crippen molar-refractivity contribution < 1.29 is 19.1 Å². The number of para-hydroxylation sites is 1. The second-order valence-electron chi connectivity index (χ2n) is 6.12. The van der Waals surface area contributed by atoms with E-state index in [9.17, 15) is 9.59 Å². The molecule has 7 heteroatoms. The van der Waals surface area contributed by atoms with Gasteiger partial charge in [-0.05, 0) is 36.4 Å². The highest BCUT2D eigenvalue weighted by atomic mass is 16.5. The Morgan fingerprint density at radius 2 is 1.79 bits per heavy atom. The van der Waals surface area contributed by atoms with Gasteiger partial charge < -0.3 is 20.1 Å². The molecule has 148 valence electrons. The summed E-state index contributed by atoms with van der Waals surface area (Å²) in [7, 11) is 2.94. The second kappa shape index (κ2) is 9.36. The molecular formula is C22H21N3O4. The van der Waals surface area contributed by atoms with Gasteiger partial charge in [0.05, 0.1) is 31.7 Å². The number of hydrogen-bond donors (Lipinski definition) is 2. The number of nitrogens with zero attached hydrogens (tertiary/aromatic N) is 1. The maximum Gasteiger partial charge on any atom is 0.337 e. The molecule has 3 rings (SSSR count). The number of anilines is 2. The van der Waals surface area contributed by atoms with Crippen LogP contribution < -0.4 is 15.4 Å². The zero-order valence-electron chi connectivity index (χ0n) is 16.1. The normalized spacial score (nSPS) is 10.1. The zero-order valence-corrected chi connectivity index (χ0v) is 16.1. The Morgan fingerprint density at radius 3 is 2.52 bits per heavy atom. The Bertz CT molecular complexity index is 1000. The Balaban J connectivity index is 1.62. The van der Waals surface area contributed by atoms with Crippen LogP contribution in [0.2, 0.25) is 0 Å². The van der Waals surface area contributed by atoms with E-state index in [2.05, 4.69) is 20.4 Å². The van der Waals surface area contributed by atoms with Gasteiger partial charge in [-0.25, -0.2) is 9.78 Å². The summed E-state index contributed by atoms with van der Waals surface area (Å²) in [5.41, 5.74) is 2.89. The zero-order chi connectivity index (χ0) is 20.6. The van der Waals surface area contributed by atoms with Crippen LogP contribution in [0, 0.1) is 0 Å². The van der Waals surface area contributed by atoms with Gasteiger partial charge in [0.2, 0.25) is 0 Å². The topological polar surface area (TPSA) is 89.5 Å². The molecule has 1 amide bonds. The standard InChI is InChI=1S/C22H21N3O4/c1-28-20-9-4-3-6-16(20)13-23-18-10-11-19(24-14-18)21(26)25-17-8-5-7-15(12-17)22(27)29-2/h3-12,14,23H,13H2,1-2H3,(H,25,26). The van der Waals surface area contributed by atoms with Crippen LogP contribution in [0.5, 0.6) is 5.75 Å². The van der Waals surface area contributed by atoms with Crippen molar-refractivity contribution in [2.45, 2.75) is 6.54 Å². The first-order chi connectivity index (χ1) is 14.1. The molecule has 2 aromatic carbocycles. The van der Waals surface area contributed by atoms with Crippen molar-refractivity contribution in [2.24, 2.45) is 0 Å². The van der Waals surface area contributed by atoms with E-state index in [1.54, 1.807) is 49.7 Å². The van der Waals surface area contributed by atoms with Crippen LogP contribution in [-0.4, -0.2) is 31.1 Å². The molecule has 0 saturated carbocycles. The summed E-state index contributed by atoms with van der Waals surface area (Å²) in [5.74, 6) is -0.0360. The third-order valence-electron chi connectivity index (χ3n) is 4.21. The van der Waals surface area contributed by atoms with Crippen molar-refractivity contribution in [3.8, 4) is 5.75 Å². The van der Waals surface area contributed by atoms with Gasteiger partial charge in [-0.3, -0.25) is 4.79 Å². The summed E-state index contributed by atoms with van der Waals surface area (Å²) in [6, 6.07) is 17.7. The minimum absolute atomic E-state index is 0.260. The molecule has 0 aliphatic carbocycles. The molecule has 29 heavy (non-hydrogen) atoms. The molecule has 7 nitrogen and oxygen atoms in total. The largest absolute Gasteiger partial charge is 0.496 e. The lowest BCUT2D eigenvalue weighted by Gasteiger charge is -2.11. The third kappa shape index (κ3) is 5.10. The fraction of sp³-hybridized carbons (Fsp3) is 0.136. The highest BCUT2D eigenvalue weighted by Crippen LogP contribution is 2.19. The van der Waals surface area contributed by atoms with Crippen molar-refractivity contribution >= 4 is 23.3 Å². The van der Waals surface area contributed by atoms with Crippen molar-refractivity contribution in [3.05, 3.63) is 83.7 Å². The number of carbonyl (C=O) groups excluding carboxylic acids is 2. The molecule has 0 saturated heterocycles. The van der Waals surface area contributed by atoms with Crippen LogP contribution in [0.3, 0.4) is 0 Å². The number of amides is 1. The number of hydrogen-bond acceptors (Lipinski definition) is 6. The fourth-order valence-corrected chi connectivity index (χ4v) is 2.72. The summed E-state index contributed by atoms with van der Waals surface area (Å²) in [4.78, 5) is 28.2. The number of methoxy groups -OCH3 is 2. The van der Waals surface area contributed by atoms with E-state index in [4.69, 9.17) is 4.74 Å². The van der Waals surface area contributed by atoms with Crippen molar-refractivity contribution in [1.82, 2.24) is 4.98 Å². The molecule has 0 fully saturated rings. The number of pyridine rings is 1. The molecule has 3 aromatic rings. The number of rotatable bonds is 7. The SMILES string of the molecule is COC(=O)c1cccc(NC(=O)c2ccc(NCc3ccccc3OC)cn2)c1. The van der Waals surface area contributed by atoms with E-state index >= 15 is 0 Å². The molecule has 2 N–H and O–H groups in total. The summed E-state index contributed by atoms with van der Waals surface area (Å²) >= 11 is 0. The van der Waals surface area contributed by atoms with Crippen molar-refractivity contribution in [3.63, 3.8) is 0 Å².